The summed E-state index contributed by atoms with van der Waals surface area (Å²) in [6, 6.07) is 2.54. The van der Waals surface area contributed by atoms with Crippen LogP contribution in [0.4, 0.5) is 13.2 Å². The number of nitrogens with one attached hydrogen (secondary N) is 1. The second kappa shape index (κ2) is 6.91. The highest BCUT2D eigenvalue weighted by Gasteiger charge is 2.37. The molecule has 1 N–H and O–H groups in total. The van der Waals surface area contributed by atoms with Gasteiger partial charge in [-0.2, -0.15) is 13.2 Å². The number of rotatable bonds is 2. The standard InChI is InChI=1S/C20H26F3N3O2/c1-13-11-17-16(12-15(13)20(21,22)23)24-18(27)26(17)14-3-7-25(8-4-14)19(2)5-9-28-10-6-19/h11-12,14H,3-10H2,1-2H3,(H,24,27). The fraction of sp³-hybridized carbons (Fsp3) is 0.650. The zero-order valence-electron chi connectivity index (χ0n) is 16.2. The molecule has 2 aliphatic rings. The van der Waals surface area contributed by atoms with Gasteiger partial charge in [-0.1, -0.05) is 0 Å². The molecule has 28 heavy (non-hydrogen) atoms. The Kier molecular flexibility index (Phi) is 4.82. The minimum Gasteiger partial charge on any atom is -0.381 e. The van der Waals surface area contributed by atoms with Crippen molar-refractivity contribution in [1.29, 1.82) is 0 Å². The van der Waals surface area contributed by atoms with Gasteiger partial charge in [-0.25, -0.2) is 4.79 Å². The second-order valence-corrected chi connectivity index (χ2v) is 8.31. The lowest BCUT2D eigenvalue weighted by atomic mass is 9.87. The quantitative estimate of drug-likeness (QED) is 0.837. The molecule has 3 heterocycles. The normalized spacial score (nSPS) is 22.0. The van der Waals surface area contributed by atoms with Crippen molar-refractivity contribution in [2.75, 3.05) is 26.3 Å². The van der Waals surface area contributed by atoms with E-state index in [0.717, 1.165) is 58.1 Å². The summed E-state index contributed by atoms with van der Waals surface area (Å²) in [7, 11) is 0. The molecule has 4 rings (SSSR count). The number of hydrogen-bond donors (Lipinski definition) is 1. The fourth-order valence-corrected chi connectivity index (χ4v) is 4.74. The van der Waals surface area contributed by atoms with E-state index in [9.17, 15) is 18.0 Å². The van der Waals surface area contributed by atoms with Gasteiger partial charge in [-0.15, -0.1) is 0 Å². The number of halogens is 3. The number of aromatic nitrogens is 2. The van der Waals surface area contributed by atoms with Crippen LogP contribution in [0.15, 0.2) is 16.9 Å². The van der Waals surface area contributed by atoms with Gasteiger partial charge >= 0.3 is 11.9 Å². The van der Waals surface area contributed by atoms with E-state index in [1.54, 1.807) is 4.57 Å². The SMILES string of the molecule is Cc1cc2c(cc1C(F)(F)F)[nH]c(=O)n2C1CCN(C2(C)CCOCC2)CC1. The second-order valence-electron chi connectivity index (χ2n) is 8.31. The first kappa shape index (κ1) is 19.5. The molecule has 0 unspecified atom stereocenters. The number of aromatic amines is 1. The first-order chi connectivity index (χ1) is 13.2. The van der Waals surface area contributed by atoms with Gasteiger partial charge < -0.3 is 9.72 Å². The molecule has 0 saturated carbocycles. The maximum Gasteiger partial charge on any atom is 0.416 e. The predicted octanol–water partition coefficient (Wildman–Crippen LogP) is 3.86. The highest BCUT2D eigenvalue weighted by Crippen LogP contribution is 2.36. The molecule has 0 radical (unpaired) electrons. The van der Waals surface area contributed by atoms with E-state index < -0.39 is 11.7 Å². The number of piperidine rings is 1. The number of ether oxygens (including phenoxy) is 1. The van der Waals surface area contributed by atoms with Gasteiger partial charge in [0.25, 0.3) is 0 Å². The van der Waals surface area contributed by atoms with Crippen molar-refractivity contribution in [2.24, 2.45) is 0 Å². The van der Waals surface area contributed by atoms with Crippen molar-refractivity contribution in [1.82, 2.24) is 14.5 Å². The van der Waals surface area contributed by atoms with E-state index in [1.165, 1.54) is 13.0 Å². The van der Waals surface area contributed by atoms with Crippen LogP contribution in [0.2, 0.25) is 0 Å². The van der Waals surface area contributed by atoms with Crippen LogP contribution in [0.1, 0.15) is 49.8 Å². The Labute approximate surface area is 161 Å². The van der Waals surface area contributed by atoms with Gasteiger partial charge in [0.1, 0.15) is 0 Å². The molecule has 0 atom stereocenters. The number of alkyl halides is 3. The van der Waals surface area contributed by atoms with Gasteiger partial charge in [0.05, 0.1) is 16.6 Å². The number of imidazole rings is 1. The molecule has 1 aromatic heterocycles. The molecule has 8 heteroatoms. The maximum atomic E-state index is 13.2. The predicted molar refractivity (Wildman–Crippen MR) is 101 cm³/mol. The van der Waals surface area contributed by atoms with Crippen LogP contribution in [0.25, 0.3) is 11.0 Å². The van der Waals surface area contributed by atoms with Gasteiger partial charge in [0.2, 0.25) is 0 Å². The topological polar surface area (TPSA) is 50.3 Å². The number of benzene rings is 1. The largest absolute Gasteiger partial charge is 0.416 e. The number of hydrogen-bond acceptors (Lipinski definition) is 3. The van der Waals surface area contributed by atoms with Crippen LogP contribution in [0, 0.1) is 6.92 Å². The molecule has 1 aromatic carbocycles. The minimum absolute atomic E-state index is 0.00271. The lowest BCUT2D eigenvalue weighted by Crippen LogP contribution is -2.53. The van der Waals surface area contributed by atoms with Crippen LogP contribution in [0.5, 0.6) is 0 Å². The first-order valence-electron chi connectivity index (χ1n) is 9.84. The third-order valence-corrected chi connectivity index (χ3v) is 6.53. The van der Waals surface area contributed by atoms with Gasteiger partial charge in [0.15, 0.2) is 0 Å². The lowest BCUT2D eigenvalue weighted by molar-refractivity contribution is -0.137. The summed E-state index contributed by atoms with van der Waals surface area (Å²) in [6.45, 7) is 7.02. The Balaban J connectivity index is 1.59. The highest BCUT2D eigenvalue weighted by molar-refractivity contribution is 5.77. The summed E-state index contributed by atoms with van der Waals surface area (Å²) in [6.07, 6.45) is -0.803. The van der Waals surface area contributed by atoms with Crippen molar-refractivity contribution in [3.8, 4) is 0 Å². The van der Waals surface area contributed by atoms with Crippen molar-refractivity contribution in [2.45, 2.75) is 57.3 Å². The van der Waals surface area contributed by atoms with Crippen molar-refractivity contribution >= 4 is 11.0 Å². The summed E-state index contributed by atoms with van der Waals surface area (Å²) in [5.74, 6) is 0. The molecular formula is C20H26F3N3O2. The average molecular weight is 397 g/mol. The molecule has 0 aliphatic carbocycles. The zero-order chi connectivity index (χ0) is 20.1. The van der Waals surface area contributed by atoms with E-state index in [1.807, 2.05) is 0 Å². The van der Waals surface area contributed by atoms with Gasteiger partial charge in [0, 0.05) is 37.9 Å². The Morgan fingerprint density at radius 1 is 1.18 bits per heavy atom. The van der Waals surface area contributed by atoms with E-state index in [4.69, 9.17) is 4.74 Å². The third kappa shape index (κ3) is 3.37. The highest BCUT2D eigenvalue weighted by atomic mass is 19.4. The Morgan fingerprint density at radius 3 is 2.43 bits per heavy atom. The van der Waals surface area contributed by atoms with E-state index >= 15 is 0 Å². The molecule has 2 saturated heterocycles. The van der Waals surface area contributed by atoms with Crippen molar-refractivity contribution in [3.63, 3.8) is 0 Å². The summed E-state index contributed by atoms with van der Waals surface area (Å²) in [4.78, 5) is 17.7. The number of H-pyrrole nitrogens is 1. The van der Waals surface area contributed by atoms with E-state index in [2.05, 4.69) is 16.8 Å². The zero-order valence-corrected chi connectivity index (χ0v) is 16.2. The number of nitrogens with zero attached hydrogens (tertiary/aromatic N) is 2. The lowest BCUT2D eigenvalue weighted by Gasteiger charge is -2.47. The molecular weight excluding hydrogens is 371 g/mol. The monoisotopic (exact) mass is 397 g/mol. The Hall–Kier alpha value is -1.80. The smallest absolute Gasteiger partial charge is 0.381 e. The van der Waals surface area contributed by atoms with Crippen LogP contribution in [-0.2, 0) is 10.9 Å². The molecule has 5 nitrogen and oxygen atoms in total. The van der Waals surface area contributed by atoms with Crippen LogP contribution >= 0.6 is 0 Å². The summed E-state index contributed by atoms with van der Waals surface area (Å²) < 4.78 is 46.7. The summed E-state index contributed by atoms with van der Waals surface area (Å²) in [5, 5.41) is 0. The van der Waals surface area contributed by atoms with Crippen LogP contribution in [-0.4, -0.2) is 46.3 Å². The van der Waals surface area contributed by atoms with E-state index in [-0.39, 0.29) is 28.4 Å². The molecule has 0 amide bonds. The molecule has 0 spiro atoms. The van der Waals surface area contributed by atoms with Gasteiger partial charge in [-0.3, -0.25) is 9.47 Å². The average Bonchev–Trinajstić information content (AvgIpc) is 2.96. The fourth-order valence-electron chi connectivity index (χ4n) is 4.74. The summed E-state index contributed by atoms with van der Waals surface area (Å²) in [5.41, 5.74) is 0.0556. The number of likely N-dealkylation sites (tertiary alicyclic amines) is 1. The minimum atomic E-state index is -4.43. The Bertz CT molecular complexity index is 917. The molecule has 2 fully saturated rings. The van der Waals surface area contributed by atoms with Crippen LogP contribution in [0.3, 0.4) is 0 Å². The number of fused-ring (bicyclic) bond motifs is 1. The van der Waals surface area contributed by atoms with Crippen LogP contribution < -0.4 is 5.69 Å². The van der Waals surface area contributed by atoms with Gasteiger partial charge in [-0.05, 0) is 57.2 Å². The maximum absolute atomic E-state index is 13.2. The Morgan fingerprint density at radius 2 is 1.82 bits per heavy atom. The number of aryl methyl sites for hydroxylation is 1. The van der Waals surface area contributed by atoms with Crippen molar-refractivity contribution in [3.05, 3.63) is 33.7 Å². The molecule has 2 aliphatic heterocycles. The molecule has 0 bridgehead atoms. The molecule has 2 aromatic rings. The van der Waals surface area contributed by atoms with E-state index in [0.29, 0.717) is 5.52 Å². The van der Waals surface area contributed by atoms with Crippen molar-refractivity contribution < 1.29 is 17.9 Å². The molecule has 154 valence electrons. The first-order valence-corrected chi connectivity index (χ1v) is 9.84. The summed E-state index contributed by atoms with van der Waals surface area (Å²) >= 11 is 0. The third-order valence-electron chi connectivity index (χ3n) is 6.53.